The minimum Gasteiger partial charge on any atom is -0.462 e. The predicted octanol–water partition coefficient (Wildman–Crippen LogP) is 21.7. The maximum atomic E-state index is 13.1. The Morgan fingerprint density at radius 2 is 0.447 bits per heavy atom. The molecule has 19 heteroatoms. The highest BCUT2D eigenvalue weighted by atomic mass is 31.2. The minimum absolute atomic E-state index is 0.105. The number of esters is 4. The average molecular weight is 1380 g/mol. The van der Waals surface area contributed by atoms with Crippen molar-refractivity contribution in [3.8, 4) is 0 Å². The van der Waals surface area contributed by atoms with Gasteiger partial charge in [0.25, 0.3) is 0 Å². The topological polar surface area (TPSA) is 237 Å². The first-order valence-electron chi connectivity index (χ1n) is 38.7. The van der Waals surface area contributed by atoms with Crippen LogP contribution >= 0.6 is 15.6 Å². The Labute approximate surface area is 575 Å². The molecule has 0 aliphatic rings. The van der Waals surface area contributed by atoms with E-state index >= 15 is 0 Å². The fourth-order valence-corrected chi connectivity index (χ4v) is 13.0. The first kappa shape index (κ1) is 92.1. The zero-order chi connectivity index (χ0) is 69.6. The number of phosphoric acid groups is 2. The number of phosphoric ester groups is 2. The van der Waals surface area contributed by atoms with Gasteiger partial charge in [0.15, 0.2) is 12.2 Å². The van der Waals surface area contributed by atoms with Crippen molar-refractivity contribution in [2.75, 3.05) is 39.6 Å². The van der Waals surface area contributed by atoms with Crippen LogP contribution in [0.4, 0.5) is 0 Å². The molecule has 0 spiro atoms. The second kappa shape index (κ2) is 64.4. The number of carbonyl (C=O) groups excluding carboxylic acids is 4. The molecule has 0 aliphatic carbocycles. The van der Waals surface area contributed by atoms with Crippen LogP contribution in [-0.2, 0) is 65.4 Å². The van der Waals surface area contributed by atoms with Crippen LogP contribution in [0.1, 0.15) is 376 Å². The fraction of sp³-hybridized carbons (Fsp3) is 0.947. The van der Waals surface area contributed by atoms with Gasteiger partial charge >= 0.3 is 39.5 Å². The van der Waals surface area contributed by atoms with Gasteiger partial charge in [-0.05, 0) is 49.4 Å². The lowest BCUT2D eigenvalue weighted by Crippen LogP contribution is -2.30. The lowest BCUT2D eigenvalue weighted by molar-refractivity contribution is -0.161. The van der Waals surface area contributed by atoms with E-state index in [-0.39, 0.29) is 25.7 Å². The van der Waals surface area contributed by atoms with Gasteiger partial charge in [-0.15, -0.1) is 0 Å². The van der Waals surface area contributed by atoms with Gasteiger partial charge in [0, 0.05) is 25.7 Å². The number of hydrogen-bond acceptors (Lipinski definition) is 15. The summed E-state index contributed by atoms with van der Waals surface area (Å²) in [6.07, 6.45) is 48.6. The molecule has 0 radical (unpaired) electrons. The number of ether oxygens (including phenoxy) is 4. The van der Waals surface area contributed by atoms with Gasteiger partial charge in [-0.1, -0.05) is 325 Å². The van der Waals surface area contributed by atoms with Gasteiger partial charge in [0.05, 0.1) is 26.4 Å². The van der Waals surface area contributed by atoms with Crippen LogP contribution in [0.15, 0.2) is 0 Å². The highest BCUT2D eigenvalue weighted by Gasteiger charge is 2.30. The van der Waals surface area contributed by atoms with Crippen LogP contribution < -0.4 is 0 Å². The molecule has 3 N–H and O–H groups in total. The molecule has 3 unspecified atom stereocenters. The number of aliphatic hydroxyl groups excluding tert-OH is 1. The van der Waals surface area contributed by atoms with Gasteiger partial charge in [-0.3, -0.25) is 37.3 Å². The van der Waals surface area contributed by atoms with Crippen LogP contribution in [0.25, 0.3) is 0 Å². The van der Waals surface area contributed by atoms with E-state index in [1.54, 1.807) is 0 Å². The van der Waals surface area contributed by atoms with Crippen molar-refractivity contribution >= 4 is 39.5 Å². The van der Waals surface area contributed by atoms with E-state index in [1.807, 2.05) is 0 Å². The zero-order valence-electron chi connectivity index (χ0n) is 61.6. The summed E-state index contributed by atoms with van der Waals surface area (Å²) in [6, 6.07) is 0. The van der Waals surface area contributed by atoms with E-state index in [1.165, 1.54) is 173 Å². The largest absolute Gasteiger partial charge is 0.472 e. The van der Waals surface area contributed by atoms with Gasteiger partial charge in [-0.2, -0.15) is 0 Å². The summed E-state index contributed by atoms with van der Waals surface area (Å²) in [6.45, 7) is 14.2. The molecule has 0 saturated carbocycles. The molecule has 17 nitrogen and oxygen atoms in total. The number of aliphatic hydroxyl groups is 1. The molecule has 0 aliphatic heterocycles. The quantitative estimate of drug-likeness (QED) is 0.0222. The summed E-state index contributed by atoms with van der Waals surface area (Å²) < 4.78 is 68.5. The van der Waals surface area contributed by atoms with Crippen LogP contribution in [-0.4, -0.2) is 96.7 Å². The first-order chi connectivity index (χ1) is 45.1. The Bertz CT molecular complexity index is 1850. The lowest BCUT2D eigenvalue weighted by Gasteiger charge is -2.21. The summed E-state index contributed by atoms with van der Waals surface area (Å²) in [7, 11) is -9.91. The van der Waals surface area contributed by atoms with Crippen molar-refractivity contribution in [3.05, 3.63) is 0 Å². The van der Waals surface area contributed by atoms with Crippen molar-refractivity contribution in [3.63, 3.8) is 0 Å². The molecule has 5 atom stereocenters. The Morgan fingerprint density at radius 1 is 0.266 bits per heavy atom. The van der Waals surface area contributed by atoms with Crippen molar-refractivity contribution in [2.24, 2.45) is 23.7 Å². The molecule has 0 aromatic rings. The normalized spacial score (nSPS) is 14.2. The van der Waals surface area contributed by atoms with Crippen molar-refractivity contribution in [1.82, 2.24) is 0 Å². The summed E-state index contributed by atoms with van der Waals surface area (Å²) in [5.41, 5.74) is 0. The maximum Gasteiger partial charge on any atom is 0.472 e. The van der Waals surface area contributed by atoms with Crippen LogP contribution in [0.5, 0.6) is 0 Å². The molecule has 0 heterocycles. The molecule has 0 bridgehead atoms. The summed E-state index contributed by atoms with van der Waals surface area (Å²) >= 11 is 0. The second-order valence-corrected chi connectivity index (χ2v) is 31.9. The lowest BCUT2D eigenvalue weighted by atomic mass is 10.0. The third-order valence-electron chi connectivity index (χ3n) is 17.3. The fourth-order valence-electron chi connectivity index (χ4n) is 11.4. The smallest absolute Gasteiger partial charge is 0.462 e. The monoisotopic (exact) mass is 1380 g/mol. The highest BCUT2D eigenvalue weighted by molar-refractivity contribution is 7.47. The number of unbranched alkanes of at least 4 members (excludes halogenated alkanes) is 38. The molecule has 0 aromatic carbocycles. The molecule has 0 rings (SSSR count). The molecule has 0 saturated heterocycles. The third-order valence-corrected chi connectivity index (χ3v) is 19.2. The van der Waals surface area contributed by atoms with Gasteiger partial charge in [0.1, 0.15) is 19.3 Å². The molecular formula is C75H146O17P2. The standard InChI is InChI=1S/C75H146O17P2/c1-65(2)51-43-35-27-20-14-11-9-10-12-16-23-31-39-47-55-72(77)85-61-70(91-74(79)57-49-41-32-24-17-13-15-21-28-36-44-52-66(3)4)63-89-93(81,82)87-59-69(76)60-88-94(83,84)90-64-71(62-86-73(78)56-48-40-34-26-30-38-46-54-68(7)8)92-75(80)58-50-42-33-25-19-18-22-29-37-45-53-67(5)6/h65-71,76H,9-64H2,1-8H3,(H,81,82)(H,83,84)/t69?,70-,71-/m1/s1. The molecule has 0 aromatic heterocycles. The second-order valence-electron chi connectivity index (χ2n) is 28.9. The van der Waals surface area contributed by atoms with E-state index in [2.05, 4.69) is 55.4 Å². The summed E-state index contributed by atoms with van der Waals surface area (Å²) in [5.74, 6) is 0.899. The van der Waals surface area contributed by atoms with E-state index in [0.29, 0.717) is 31.6 Å². The van der Waals surface area contributed by atoms with Crippen LogP contribution in [0.2, 0.25) is 0 Å². The minimum atomic E-state index is -4.96. The highest BCUT2D eigenvalue weighted by Crippen LogP contribution is 2.45. The number of carbonyl (C=O) groups is 4. The van der Waals surface area contributed by atoms with Gasteiger partial charge in [-0.25, -0.2) is 9.13 Å². The molecule has 558 valence electrons. The van der Waals surface area contributed by atoms with E-state index in [4.69, 9.17) is 37.0 Å². The average Bonchev–Trinajstić information content (AvgIpc) is 3.06. The molecular weight excluding hydrogens is 1230 g/mol. The Balaban J connectivity index is 5.25. The number of hydrogen-bond donors (Lipinski definition) is 3. The Hall–Kier alpha value is -1.94. The third kappa shape index (κ3) is 68.6. The number of rotatable bonds is 72. The Kier molecular flexibility index (Phi) is 63.1. The van der Waals surface area contributed by atoms with E-state index in [9.17, 15) is 43.2 Å². The van der Waals surface area contributed by atoms with Crippen molar-refractivity contribution in [1.29, 1.82) is 0 Å². The predicted molar refractivity (Wildman–Crippen MR) is 381 cm³/mol. The van der Waals surface area contributed by atoms with Crippen LogP contribution in [0.3, 0.4) is 0 Å². The van der Waals surface area contributed by atoms with E-state index in [0.717, 1.165) is 114 Å². The SMILES string of the molecule is CC(C)CCCCCCCCCCCCCCCCC(=O)OC[C@H](COP(=O)(O)OCC(O)COP(=O)(O)OC[C@@H](COC(=O)CCCCCCCCCC(C)C)OC(=O)CCCCCCCCCCCCC(C)C)OC(=O)CCCCCCCCCCCCCC(C)C. The molecule has 0 amide bonds. The maximum absolute atomic E-state index is 13.1. The molecule has 0 fully saturated rings. The molecule has 94 heavy (non-hydrogen) atoms. The van der Waals surface area contributed by atoms with E-state index < -0.39 is 97.5 Å². The van der Waals surface area contributed by atoms with Crippen LogP contribution in [0, 0.1) is 23.7 Å². The Morgan fingerprint density at radius 3 is 0.660 bits per heavy atom. The van der Waals surface area contributed by atoms with Gasteiger partial charge < -0.3 is 33.8 Å². The van der Waals surface area contributed by atoms with Gasteiger partial charge in [0.2, 0.25) is 0 Å². The summed E-state index contributed by atoms with van der Waals surface area (Å²) in [4.78, 5) is 72.8. The summed E-state index contributed by atoms with van der Waals surface area (Å²) in [5, 5.41) is 10.6. The van der Waals surface area contributed by atoms with Crippen molar-refractivity contribution < 1.29 is 80.2 Å². The zero-order valence-corrected chi connectivity index (χ0v) is 63.4. The van der Waals surface area contributed by atoms with Crippen molar-refractivity contribution in [2.45, 2.75) is 395 Å². The first-order valence-corrected chi connectivity index (χ1v) is 41.7.